The van der Waals surface area contributed by atoms with Crippen LogP contribution >= 0.6 is 0 Å². The number of aromatic nitrogens is 2. The van der Waals surface area contributed by atoms with Crippen LogP contribution in [0.5, 0.6) is 0 Å². The monoisotopic (exact) mass is 345 g/mol. The van der Waals surface area contributed by atoms with Crippen molar-refractivity contribution in [3.63, 3.8) is 0 Å². The van der Waals surface area contributed by atoms with E-state index in [0.29, 0.717) is 23.7 Å². The molecule has 3 fully saturated rings. The maximum absolute atomic E-state index is 12.5. The highest BCUT2D eigenvalue weighted by atomic mass is 16.5. The summed E-state index contributed by atoms with van der Waals surface area (Å²) in [6.45, 7) is 1.88. The molecule has 5 nitrogen and oxygen atoms in total. The summed E-state index contributed by atoms with van der Waals surface area (Å²) in [4.78, 5) is 19.2. The van der Waals surface area contributed by atoms with Gasteiger partial charge in [-0.2, -0.15) is 4.98 Å². The Morgan fingerprint density at radius 3 is 2.48 bits per heavy atom. The van der Waals surface area contributed by atoms with Gasteiger partial charge in [-0.25, -0.2) is 0 Å². The van der Waals surface area contributed by atoms with Crippen LogP contribution in [0.4, 0.5) is 0 Å². The van der Waals surface area contributed by atoms with E-state index in [-0.39, 0.29) is 0 Å². The van der Waals surface area contributed by atoms with E-state index in [9.17, 15) is 4.79 Å². The number of hydrogen-bond acceptors (Lipinski definition) is 4. The van der Waals surface area contributed by atoms with Gasteiger partial charge in [-0.15, -0.1) is 0 Å². The van der Waals surface area contributed by atoms with Crippen molar-refractivity contribution in [2.45, 2.75) is 83.0 Å². The SMILES string of the molecule is O=C(CC1CCCCC1)N1CCC(CCc2noc(C3CC3)n2)CC1. The molecule has 0 atom stereocenters. The Bertz CT molecular complexity index is 567. The molecule has 0 bridgehead atoms. The fraction of sp³-hybridized carbons (Fsp3) is 0.850. The van der Waals surface area contributed by atoms with Crippen molar-refractivity contribution in [1.29, 1.82) is 0 Å². The maximum Gasteiger partial charge on any atom is 0.229 e. The predicted molar refractivity (Wildman–Crippen MR) is 95.1 cm³/mol. The van der Waals surface area contributed by atoms with E-state index < -0.39 is 0 Å². The highest BCUT2D eigenvalue weighted by Gasteiger charge is 2.30. The average molecular weight is 345 g/mol. The number of nitrogens with zero attached hydrogens (tertiary/aromatic N) is 3. The topological polar surface area (TPSA) is 59.2 Å². The standard InChI is InChI=1S/C20H31N3O2/c24-19(14-16-4-2-1-3-5-16)23-12-10-15(11-13-23)6-9-18-21-20(25-22-18)17-7-8-17/h15-17H,1-14H2. The zero-order chi connectivity index (χ0) is 17.1. The molecule has 1 amide bonds. The normalized spacial score (nSPS) is 23.1. The minimum atomic E-state index is 0.401. The largest absolute Gasteiger partial charge is 0.343 e. The van der Waals surface area contributed by atoms with Gasteiger partial charge in [0.25, 0.3) is 0 Å². The first-order valence-electron chi connectivity index (χ1n) is 10.4. The predicted octanol–water partition coefficient (Wildman–Crippen LogP) is 4.09. The molecule has 2 heterocycles. The quantitative estimate of drug-likeness (QED) is 0.779. The number of likely N-dealkylation sites (tertiary alicyclic amines) is 1. The molecule has 0 unspecified atom stereocenters. The third-order valence-corrected chi connectivity index (χ3v) is 6.34. The summed E-state index contributed by atoms with van der Waals surface area (Å²) in [7, 11) is 0. The number of carbonyl (C=O) groups is 1. The number of aryl methyl sites for hydroxylation is 1. The number of rotatable bonds is 6. The highest BCUT2D eigenvalue weighted by molar-refractivity contribution is 5.76. The zero-order valence-electron chi connectivity index (χ0n) is 15.3. The molecule has 1 aliphatic heterocycles. The van der Waals surface area contributed by atoms with E-state index in [1.54, 1.807) is 0 Å². The molecular formula is C20H31N3O2. The maximum atomic E-state index is 12.5. The molecule has 3 aliphatic rings. The van der Waals surface area contributed by atoms with Gasteiger partial charge in [-0.3, -0.25) is 4.79 Å². The molecule has 1 aromatic rings. The van der Waals surface area contributed by atoms with E-state index in [1.165, 1.54) is 44.9 Å². The van der Waals surface area contributed by atoms with Crippen molar-refractivity contribution >= 4 is 5.91 Å². The Labute approximate surface area is 150 Å². The summed E-state index contributed by atoms with van der Waals surface area (Å²) in [5.74, 6) is 4.01. The lowest BCUT2D eigenvalue weighted by molar-refractivity contribution is -0.133. The minimum absolute atomic E-state index is 0.401. The van der Waals surface area contributed by atoms with Crippen LogP contribution in [0.25, 0.3) is 0 Å². The van der Waals surface area contributed by atoms with Crippen LogP contribution in [0.3, 0.4) is 0 Å². The lowest BCUT2D eigenvalue weighted by atomic mass is 9.86. The Hall–Kier alpha value is -1.39. The van der Waals surface area contributed by atoms with Gasteiger partial charge < -0.3 is 9.42 Å². The Morgan fingerprint density at radius 2 is 1.76 bits per heavy atom. The van der Waals surface area contributed by atoms with Crippen molar-refractivity contribution in [3.8, 4) is 0 Å². The summed E-state index contributed by atoms with van der Waals surface area (Å²) in [6.07, 6.45) is 14.0. The van der Waals surface area contributed by atoms with Crippen molar-refractivity contribution in [1.82, 2.24) is 15.0 Å². The van der Waals surface area contributed by atoms with Gasteiger partial charge in [0.2, 0.25) is 11.8 Å². The van der Waals surface area contributed by atoms with Gasteiger partial charge in [-0.05, 0) is 56.8 Å². The third-order valence-electron chi connectivity index (χ3n) is 6.34. The second-order valence-electron chi connectivity index (χ2n) is 8.39. The Morgan fingerprint density at radius 1 is 1.00 bits per heavy atom. The number of hydrogen-bond donors (Lipinski definition) is 0. The van der Waals surface area contributed by atoms with Gasteiger partial charge in [0, 0.05) is 31.8 Å². The first-order chi connectivity index (χ1) is 12.3. The minimum Gasteiger partial charge on any atom is -0.343 e. The van der Waals surface area contributed by atoms with Crippen LogP contribution in [0.15, 0.2) is 4.52 Å². The van der Waals surface area contributed by atoms with Crippen LogP contribution in [-0.4, -0.2) is 34.0 Å². The van der Waals surface area contributed by atoms with Crippen molar-refractivity contribution in [3.05, 3.63) is 11.7 Å². The Kier molecular flexibility index (Phi) is 5.37. The molecule has 0 radical (unpaired) electrons. The molecule has 1 aromatic heterocycles. The van der Waals surface area contributed by atoms with Gasteiger partial charge in [-0.1, -0.05) is 24.4 Å². The molecule has 0 aromatic carbocycles. The summed E-state index contributed by atoms with van der Waals surface area (Å²) < 4.78 is 5.34. The van der Waals surface area contributed by atoms with Gasteiger partial charge in [0.05, 0.1) is 0 Å². The van der Waals surface area contributed by atoms with Crippen LogP contribution in [0.2, 0.25) is 0 Å². The zero-order valence-corrected chi connectivity index (χ0v) is 15.3. The molecule has 2 aliphatic carbocycles. The van der Waals surface area contributed by atoms with E-state index in [4.69, 9.17) is 4.52 Å². The first-order valence-corrected chi connectivity index (χ1v) is 10.4. The molecule has 4 rings (SSSR count). The third kappa shape index (κ3) is 4.62. The average Bonchev–Trinajstić information content (AvgIpc) is 3.39. The van der Waals surface area contributed by atoms with E-state index in [2.05, 4.69) is 15.0 Å². The van der Waals surface area contributed by atoms with Crippen molar-refractivity contribution in [2.75, 3.05) is 13.1 Å². The summed E-state index contributed by atoms with van der Waals surface area (Å²) in [6, 6.07) is 0. The number of carbonyl (C=O) groups excluding carboxylic acids is 1. The van der Waals surface area contributed by atoms with E-state index in [1.807, 2.05) is 0 Å². The molecule has 25 heavy (non-hydrogen) atoms. The van der Waals surface area contributed by atoms with E-state index in [0.717, 1.165) is 56.9 Å². The summed E-state index contributed by atoms with van der Waals surface area (Å²) in [5.41, 5.74) is 0. The fourth-order valence-corrected chi connectivity index (χ4v) is 4.44. The van der Waals surface area contributed by atoms with Crippen LogP contribution in [0, 0.1) is 11.8 Å². The molecule has 0 N–H and O–H groups in total. The van der Waals surface area contributed by atoms with Crippen molar-refractivity contribution in [2.24, 2.45) is 11.8 Å². The molecule has 138 valence electrons. The van der Waals surface area contributed by atoms with Gasteiger partial charge >= 0.3 is 0 Å². The second kappa shape index (κ2) is 7.88. The number of piperidine rings is 1. The van der Waals surface area contributed by atoms with Gasteiger partial charge in [0.15, 0.2) is 5.82 Å². The highest BCUT2D eigenvalue weighted by Crippen LogP contribution is 2.39. The fourth-order valence-electron chi connectivity index (χ4n) is 4.44. The molecule has 5 heteroatoms. The molecule has 0 spiro atoms. The summed E-state index contributed by atoms with van der Waals surface area (Å²) >= 11 is 0. The van der Waals surface area contributed by atoms with E-state index >= 15 is 0 Å². The first kappa shape index (κ1) is 17.0. The van der Waals surface area contributed by atoms with Gasteiger partial charge in [0.1, 0.15) is 0 Å². The lowest BCUT2D eigenvalue weighted by Crippen LogP contribution is -2.39. The van der Waals surface area contributed by atoms with Crippen LogP contribution in [-0.2, 0) is 11.2 Å². The molecule has 2 saturated carbocycles. The lowest BCUT2D eigenvalue weighted by Gasteiger charge is -2.33. The molecular weight excluding hydrogens is 314 g/mol. The Balaban J connectivity index is 1.16. The van der Waals surface area contributed by atoms with Crippen LogP contribution in [0.1, 0.15) is 88.3 Å². The van der Waals surface area contributed by atoms with Crippen LogP contribution < -0.4 is 0 Å². The number of amides is 1. The molecule has 1 saturated heterocycles. The van der Waals surface area contributed by atoms with Crippen molar-refractivity contribution < 1.29 is 9.32 Å². The smallest absolute Gasteiger partial charge is 0.229 e. The summed E-state index contributed by atoms with van der Waals surface area (Å²) in [5, 5.41) is 4.12. The second-order valence-corrected chi connectivity index (χ2v) is 8.39.